The maximum Gasteiger partial charge on any atom is 0.320 e. The molecule has 0 bridgehead atoms. The van der Waals surface area contributed by atoms with Crippen molar-refractivity contribution in [3.05, 3.63) is 12.2 Å². The summed E-state index contributed by atoms with van der Waals surface area (Å²) in [7, 11) is -2.30. The molecule has 134 valence electrons. The summed E-state index contributed by atoms with van der Waals surface area (Å²) in [6.07, 6.45) is 1.69. The molecule has 0 radical (unpaired) electrons. The Bertz CT molecular complexity index is 391. The normalized spacial score (nSPS) is 11.9. The third-order valence-corrected chi connectivity index (χ3v) is 10.3. The lowest BCUT2D eigenvalue weighted by atomic mass is 10.2. The van der Waals surface area contributed by atoms with Crippen LogP contribution in [0.2, 0.25) is 16.6 Å². The molecule has 0 unspecified atom stereocenters. The number of hydrogen-bond acceptors (Lipinski definition) is 4. The van der Waals surface area contributed by atoms with Gasteiger partial charge < -0.3 is 9.16 Å². The number of rotatable bonds is 10. The van der Waals surface area contributed by atoms with Gasteiger partial charge in [-0.2, -0.15) is 0 Å². The summed E-state index contributed by atoms with van der Waals surface area (Å²) in [5, 5.41) is 0. The van der Waals surface area contributed by atoms with Crippen molar-refractivity contribution in [2.24, 2.45) is 0 Å². The molecular formula is C18H34O4Si. The van der Waals surface area contributed by atoms with E-state index >= 15 is 0 Å². The van der Waals surface area contributed by atoms with Gasteiger partial charge >= 0.3 is 11.9 Å². The van der Waals surface area contributed by atoms with E-state index in [0.29, 0.717) is 23.2 Å². The zero-order valence-electron chi connectivity index (χ0n) is 15.9. The van der Waals surface area contributed by atoms with Crippen LogP contribution in [0, 0.1) is 0 Å². The molecule has 0 N–H and O–H groups in total. The molecule has 0 aromatic carbocycles. The SMILES string of the molecule is C=C(CC(=O)OCCCC)C(=O)O[Si](C(C)C)(C(C)C)C(C)C. The highest BCUT2D eigenvalue weighted by molar-refractivity contribution is 6.79. The van der Waals surface area contributed by atoms with E-state index in [2.05, 4.69) is 48.1 Å². The van der Waals surface area contributed by atoms with Crippen LogP contribution < -0.4 is 0 Å². The fourth-order valence-corrected chi connectivity index (χ4v) is 8.39. The predicted molar refractivity (Wildman–Crippen MR) is 96.8 cm³/mol. The third-order valence-electron chi connectivity index (χ3n) is 4.38. The van der Waals surface area contributed by atoms with E-state index in [1.54, 1.807) is 0 Å². The molecular weight excluding hydrogens is 308 g/mol. The topological polar surface area (TPSA) is 52.6 Å². The monoisotopic (exact) mass is 342 g/mol. The fourth-order valence-electron chi connectivity index (χ4n) is 3.21. The van der Waals surface area contributed by atoms with Crippen molar-refractivity contribution in [1.82, 2.24) is 0 Å². The van der Waals surface area contributed by atoms with Gasteiger partial charge in [-0.1, -0.05) is 61.5 Å². The number of carbonyl (C=O) groups excluding carboxylic acids is 2. The van der Waals surface area contributed by atoms with Crippen molar-refractivity contribution in [3.8, 4) is 0 Å². The van der Waals surface area contributed by atoms with Gasteiger partial charge in [0, 0.05) is 5.57 Å². The molecule has 0 atom stereocenters. The van der Waals surface area contributed by atoms with Crippen molar-refractivity contribution in [2.75, 3.05) is 6.61 Å². The second-order valence-corrected chi connectivity index (χ2v) is 12.4. The number of unbranched alkanes of at least 4 members (excludes halogenated alkanes) is 1. The Hall–Kier alpha value is -1.10. The summed E-state index contributed by atoms with van der Waals surface area (Å²) in [5.74, 6) is -0.855. The van der Waals surface area contributed by atoms with E-state index < -0.39 is 20.3 Å². The van der Waals surface area contributed by atoms with Gasteiger partial charge in [0.25, 0.3) is 8.32 Å². The lowest BCUT2D eigenvalue weighted by Crippen LogP contribution is -2.49. The molecule has 5 heteroatoms. The van der Waals surface area contributed by atoms with E-state index in [1.165, 1.54) is 0 Å². The third kappa shape index (κ3) is 6.13. The molecule has 4 nitrogen and oxygen atoms in total. The number of esters is 1. The zero-order chi connectivity index (χ0) is 18.2. The van der Waals surface area contributed by atoms with Crippen molar-refractivity contribution in [3.63, 3.8) is 0 Å². The van der Waals surface area contributed by atoms with Gasteiger partial charge in [-0.3, -0.25) is 4.79 Å². The minimum absolute atomic E-state index is 0.0959. The molecule has 0 heterocycles. The molecule has 0 aliphatic rings. The van der Waals surface area contributed by atoms with Crippen molar-refractivity contribution < 1.29 is 18.8 Å². The standard InChI is InChI=1S/C18H34O4Si/c1-9-10-11-21-17(19)12-16(8)18(20)22-23(13(2)3,14(4)5)15(6)7/h13-15H,8-12H2,1-7H3. The van der Waals surface area contributed by atoms with Crippen molar-refractivity contribution in [2.45, 2.75) is 84.4 Å². The van der Waals surface area contributed by atoms with Crippen LogP contribution in [0.5, 0.6) is 0 Å². The average Bonchev–Trinajstić information content (AvgIpc) is 2.43. The molecule has 0 saturated carbocycles. The Morgan fingerprint density at radius 1 is 1.00 bits per heavy atom. The van der Waals surface area contributed by atoms with Gasteiger partial charge in [-0.05, 0) is 23.0 Å². The van der Waals surface area contributed by atoms with E-state index in [-0.39, 0.29) is 12.0 Å². The maximum absolute atomic E-state index is 12.4. The first-order chi connectivity index (χ1) is 10.6. The smallest absolute Gasteiger partial charge is 0.320 e. The van der Waals surface area contributed by atoms with Crippen molar-refractivity contribution in [1.29, 1.82) is 0 Å². The van der Waals surface area contributed by atoms with Crippen LogP contribution in [0.25, 0.3) is 0 Å². The first-order valence-electron chi connectivity index (χ1n) is 8.66. The van der Waals surface area contributed by atoms with Gasteiger partial charge in [-0.15, -0.1) is 0 Å². The van der Waals surface area contributed by atoms with Crippen LogP contribution in [0.15, 0.2) is 12.2 Å². The van der Waals surface area contributed by atoms with E-state index in [4.69, 9.17) is 9.16 Å². The van der Waals surface area contributed by atoms with E-state index in [9.17, 15) is 9.59 Å². The lowest BCUT2D eigenvalue weighted by molar-refractivity contribution is -0.144. The van der Waals surface area contributed by atoms with Crippen LogP contribution in [-0.4, -0.2) is 26.9 Å². The molecule has 0 amide bonds. The number of carbonyl (C=O) groups is 2. The van der Waals surface area contributed by atoms with Crippen LogP contribution in [0.4, 0.5) is 0 Å². The van der Waals surface area contributed by atoms with Gasteiger partial charge in [0.05, 0.1) is 13.0 Å². The van der Waals surface area contributed by atoms with Crippen molar-refractivity contribution >= 4 is 20.3 Å². The summed E-state index contributed by atoms with van der Waals surface area (Å²) in [6.45, 7) is 18.8. The molecule has 0 fully saturated rings. The Morgan fingerprint density at radius 3 is 1.87 bits per heavy atom. The van der Waals surface area contributed by atoms with E-state index in [0.717, 1.165) is 12.8 Å². The van der Waals surface area contributed by atoms with Gasteiger partial charge in [0.1, 0.15) is 0 Å². The molecule has 0 saturated heterocycles. The molecule has 0 aliphatic carbocycles. The average molecular weight is 343 g/mol. The number of hydrogen-bond donors (Lipinski definition) is 0. The summed E-state index contributed by atoms with van der Waals surface area (Å²) in [5.41, 5.74) is 1.09. The summed E-state index contributed by atoms with van der Waals surface area (Å²) in [6, 6.07) is 0. The quantitative estimate of drug-likeness (QED) is 0.243. The minimum Gasteiger partial charge on any atom is -0.515 e. The Labute approximate surface area is 142 Å². The van der Waals surface area contributed by atoms with Crippen LogP contribution in [0.1, 0.15) is 67.7 Å². The first-order valence-corrected chi connectivity index (χ1v) is 10.8. The van der Waals surface area contributed by atoms with Gasteiger partial charge in [0.15, 0.2) is 0 Å². The first kappa shape index (κ1) is 21.9. The van der Waals surface area contributed by atoms with Crippen LogP contribution in [-0.2, 0) is 18.8 Å². The Morgan fingerprint density at radius 2 is 1.48 bits per heavy atom. The molecule has 0 aromatic heterocycles. The minimum atomic E-state index is -2.30. The maximum atomic E-state index is 12.4. The number of ether oxygens (including phenoxy) is 1. The molecule has 0 rings (SSSR count). The molecule has 0 aliphatic heterocycles. The molecule has 0 spiro atoms. The second kappa shape index (κ2) is 9.91. The summed E-state index contributed by atoms with van der Waals surface area (Å²) < 4.78 is 11.1. The summed E-state index contributed by atoms with van der Waals surface area (Å²) >= 11 is 0. The second-order valence-electron chi connectivity index (χ2n) is 7.06. The molecule has 0 aromatic rings. The Kier molecular flexibility index (Phi) is 9.43. The fraction of sp³-hybridized carbons (Fsp3) is 0.778. The van der Waals surface area contributed by atoms with Crippen LogP contribution >= 0.6 is 0 Å². The molecule has 23 heavy (non-hydrogen) atoms. The van der Waals surface area contributed by atoms with Crippen LogP contribution in [0.3, 0.4) is 0 Å². The van der Waals surface area contributed by atoms with E-state index in [1.807, 2.05) is 6.92 Å². The van der Waals surface area contributed by atoms with Gasteiger partial charge in [0.2, 0.25) is 0 Å². The lowest BCUT2D eigenvalue weighted by Gasteiger charge is -2.41. The highest BCUT2D eigenvalue weighted by Gasteiger charge is 2.48. The summed E-state index contributed by atoms with van der Waals surface area (Å²) in [4.78, 5) is 24.2. The Balaban J connectivity index is 4.87. The largest absolute Gasteiger partial charge is 0.515 e. The predicted octanol–water partition coefficient (Wildman–Crippen LogP) is 4.99. The highest BCUT2D eigenvalue weighted by Crippen LogP contribution is 2.42. The highest BCUT2D eigenvalue weighted by atomic mass is 28.4. The zero-order valence-corrected chi connectivity index (χ0v) is 16.9. The van der Waals surface area contributed by atoms with Gasteiger partial charge in [-0.25, -0.2) is 4.79 Å².